The van der Waals surface area contributed by atoms with E-state index in [4.69, 9.17) is 14.5 Å². The molecule has 31 heavy (non-hydrogen) atoms. The molecule has 0 unspecified atom stereocenters. The highest BCUT2D eigenvalue weighted by atomic mass is 79.9. The predicted octanol–water partition coefficient (Wildman–Crippen LogP) is 0.929. The van der Waals surface area contributed by atoms with E-state index in [0.717, 1.165) is 10.0 Å². The maximum absolute atomic E-state index is 10.9. The maximum Gasteiger partial charge on any atom is 0.469 e. The molecule has 166 valence electrons. The van der Waals surface area contributed by atoms with Gasteiger partial charge in [0.2, 0.25) is 0 Å². The fraction of sp³-hybridized carbons (Fsp3) is 0.353. The Labute approximate surface area is 184 Å². The first-order chi connectivity index (χ1) is 14.7. The topological polar surface area (TPSA) is 172 Å². The van der Waals surface area contributed by atoms with Crippen LogP contribution in [0, 0.1) is 0 Å². The summed E-state index contributed by atoms with van der Waals surface area (Å²) in [5.74, 6) is 0.473. The predicted molar refractivity (Wildman–Crippen MR) is 111 cm³/mol. The second-order valence-corrected chi connectivity index (χ2v) is 9.01. The molecule has 0 radical (unpaired) electrons. The van der Waals surface area contributed by atoms with Crippen molar-refractivity contribution in [2.24, 2.45) is 0 Å². The molecule has 0 bridgehead atoms. The van der Waals surface area contributed by atoms with Crippen molar-refractivity contribution in [3.8, 4) is 0 Å². The number of fused-ring (bicyclic) bond motifs is 1. The lowest BCUT2D eigenvalue weighted by Gasteiger charge is -2.16. The van der Waals surface area contributed by atoms with Crippen molar-refractivity contribution in [3.05, 3.63) is 47.0 Å². The zero-order valence-corrected chi connectivity index (χ0v) is 18.3. The molecule has 3 heterocycles. The van der Waals surface area contributed by atoms with E-state index >= 15 is 0 Å². The standard InChI is InChI=1S/C17H19BrN5O7P/c18-10-3-1-9(2-4-10)5-19-15-12-16(21-7-20-15)23(8-22-12)17-14(25)13(24)11(30-17)6-29-31(26,27)28/h1-4,7-8,11,13-14,17,24-25H,5-6H2,(H,19,20,21)(H2,26,27,28)/t11-,13-,14-,17-/m1/s1. The Hall–Kier alpha value is -1.96. The highest BCUT2D eigenvalue weighted by Crippen LogP contribution is 2.39. The molecule has 12 nitrogen and oxygen atoms in total. The van der Waals surface area contributed by atoms with E-state index < -0.39 is 39.0 Å². The molecule has 1 aliphatic heterocycles. The van der Waals surface area contributed by atoms with Gasteiger partial charge in [0.25, 0.3) is 0 Å². The van der Waals surface area contributed by atoms with Crippen LogP contribution in [0.15, 0.2) is 41.4 Å². The monoisotopic (exact) mass is 515 g/mol. The van der Waals surface area contributed by atoms with E-state index in [1.165, 1.54) is 17.2 Å². The van der Waals surface area contributed by atoms with Crippen LogP contribution in [0.25, 0.3) is 11.2 Å². The Balaban J connectivity index is 1.53. The third-order valence-electron chi connectivity index (χ3n) is 4.75. The van der Waals surface area contributed by atoms with Crippen molar-refractivity contribution in [3.63, 3.8) is 0 Å². The van der Waals surface area contributed by atoms with Crippen molar-refractivity contribution in [1.29, 1.82) is 0 Å². The lowest BCUT2D eigenvalue weighted by atomic mass is 10.1. The van der Waals surface area contributed by atoms with E-state index in [9.17, 15) is 14.8 Å². The summed E-state index contributed by atoms with van der Waals surface area (Å²) in [7, 11) is -4.75. The Bertz CT molecular complexity index is 1110. The van der Waals surface area contributed by atoms with Crippen LogP contribution in [0.2, 0.25) is 0 Å². The van der Waals surface area contributed by atoms with Crippen LogP contribution in [0.3, 0.4) is 0 Å². The number of aromatic nitrogens is 4. The van der Waals surface area contributed by atoms with Crippen LogP contribution in [0.4, 0.5) is 5.82 Å². The summed E-state index contributed by atoms with van der Waals surface area (Å²) in [6, 6.07) is 7.77. The Morgan fingerprint density at radius 3 is 2.61 bits per heavy atom. The highest BCUT2D eigenvalue weighted by Gasteiger charge is 2.45. The zero-order chi connectivity index (χ0) is 22.2. The molecule has 0 spiro atoms. The molecule has 0 aliphatic carbocycles. The Morgan fingerprint density at radius 2 is 1.90 bits per heavy atom. The molecule has 4 rings (SSSR count). The van der Waals surface area contributed by atoms with Crippen LogP contribution < -0.4 is 5.32 Å². The number of phosphoric ester groups is 1. The Morgan fingerprint density at radius 1 is 1.16 bits per heavy atom. The number of aliphatic hydroxyl groups excluding tert-OH is 2. The molecule has 4 atom stereocenters. The number of rotatable bonds is 7. The SMILES string of the molecule is O=P(O)(O)OC[C@H]1O[C@@H](n2cnc3c(NCc4ccc(Br)cc4)ncnc32)[C@H](O)[C@@H]1O. The van der Waals surface area contributed by atoms with Crippen molar-refractivity contribution < 1.29 is 33.8 Å². The third kappa shape index (κ3) is 4.94. The summed E-state index contributed by atoms with van der Waals surface area (Å²) in [5, 5.41) is 23.8. The molecule has 1 saturated heterocycles. The maximum atomic E-state index is 10.9. The Kier molecular flexibility index (Phi) is 6.37. The minimum Gasteiger partial charge on any atom is -0.387 e. The van der Waals surface area contributed by atoms with E-state index in [-0.39, 0.29) is 0 Å². The summed E-state index contributed by atoms with van der Waals surface area (Å²) in [5.41, 5.74) is 1.81. The van der Waals surface area contributed by atoms with Crippen molar-refractivity contribution in [1.82, 2.24) is 19.5 Å². The molecule has 2 aromatic heterocycles. The van der Waals surface area contributed by atoms with Gasteiger partial charge in [0, 0.05) is 11.0 Å². The van der Waals surface area contributed by atoms with E-state index in [2.05, 4.69) is 40.7 Å². The number of nitrogens with one attached hydrogen (secondary N) is 1. The summed E-state index contributed by atoms with van der Waals surface area (Å²) < 4.78 is 23.3. The third-order valence-corrected chi connectivity index (χ3v) is 5.76. The number of phosphoric acid groups is 1. The van der Waals surface area contributed by atoms with Gasteiger partial charge in [0.05, 0.1) is 12.9 Å². The second-order valence-electron chi connectivity index (χ2n) is 6.86. The molecule has 3 aromatic rings. The number of ether oxygens (including phenoxy) is 1. The molecule has 0 saturated carbocycles. The van der Waals surface area contributed by atoms with Crippen molar-refractivity contribution >= 4 is 40.7 Å². The smallest absolute Gasteiger partial charge is 0.387 e. The van der Waals surface area contributed by atoms with Crippen LogP contribution in [-0.2, 0) is 20.4 Å². The van der Waals surface area contributed by atoms with E-state index in [1.54, 1.807) is 0 Å². The largest absolute Gasteiger partial charge is 0.469 e. The van der Waals surface area contributed by atoms with Gasteiger partial charge in [-0.3, -0.25) is 9.09 Å². The summed E-state index contributed by atoms with van der Waals surface area (Å²) in [6.45, 7) is -0.101. The molecule has 1 aromatic carbocycles. The van der Waals surface area contributed by atoms with Gasteiger partial charge in [-0.25, -0.2) is 19.5 Å². The van der Waals surface area contributed by atoms with Gasteiger partial charge in [-0.2, -0.15) is 0 Å². The van der Waals surface area contributed by atoms with E-state index in [1.807, 2.05) is 24.3 Å². The minimum atomic E-state index is -4.75. The summed E-state index contributed by atoms with van der Waals surface area (Å²) in [4.78, 5) is 30.4. The summed E-state index contributed by atoms with van der Waals surface area (Å²) >= 11 is 3.39. The molecule has 5 N–H and O–H groups in total. The molecule has 0 amide bonds. The summed E-state index contributed by atoms with van der Waals surface area (Å²) in [6.07, 6.45) is -2.34. The number of anilines is 1. The average molecular weight is 516 g/mol. The quantitative estimate of drug-likeness (QED) is 0.283. The van der Waals surface area contributed by atoms with Crippen molar-refractivity contribution in [2.45, 2.75) is 31.1 Å². The van der Waals surface area contributed by atoms with Crippen LogP contribution in [-0.4, -0.2) is 64.4 Å². The average Bonchev–Trinajstić information content (AvgIpc) is 3.27. The van der Waals surface area contributed by atoms with Gasteiger partial charge >= 0.3 is 7.82 Å². The minimum absolute atomic E-state index is 0.348. The number of halogens is 1. The number of imidazole rings is 1. The number of benzene rings is 1. The molecular formula is C17H19BrN5O7P. The van der Waals surface area contributed by atoms with Crippen molar-refractivity contribution in [2.75, 3.05) is 11.9 Å². The van der Waals surface area contributed by atoms with Crippen LogP contribution >= 0.6 is 23.8 Å². The highest BCUT2D eigenvalue weighted by molar-refractivity contribution is 9.10. The number of nitrogens with zero attached hydrogens (tertiary/aromatic N) is 4. The van der Waals surface area contributed by atoms with Gasteiger partial charge in [0.1, 0.15) is 24.6 Å². The van der Waals surface area contributed by atoms with E-state index in [0.29, 0.717) is 23.5 Å². The lowest BCUT2D eigenvalue weighted by Crippen LogP contribution is -2.33. The van der Waals surface area contributed by atoms with Gasteiger partial charge in [-0.05, 0) is 17.7 Å². The molecular weight excluding hydrogens is 497 g/mol. The second kappa shape index (κ2) is 8.88. The number of hydrogen-bond acceptors (Lipinski definition) is 9. The molecule has 1 fully saturated rings. The zero-order valence-electron chi connectivity index (χ0n) is 15.8. The fourth-order valence-corrected chi connectivity index (χ4v) is 3.83. The normalized spacial score (nSPS) is 24.0. The number of hydrogen-bond donors (Lipinski definition) is 5. The first kappa shape index (κ1) is 22.2. The van der Waals surface area contributed by atoms with Crippen LogP contribution in [0.5, 0.6) is 0 Å². The first-order valence-electron chi connectivity index (χ1n) is 9.10. The van der Waals surface area contributed by atoms with Gasteiger partial charge in [0.15, 0.2) is 23.2 Å². The fourth-order valence-electron chi connectivity index (χ4n) is 3.22. The van der Waals surface area contributed by atoms with Gasteiger partial charge in [-0.1, -0.05) is 28.1 Å². The van der Waals surface area contributed by atoms with Crippen LogP contribution in [0.1, 0.15) is 11.8 Å². The first-order valence-corrected chi connectivity index (χ1v) is 11.4. The molecule has 14 heteroatoms. The lowest BCUT2D eigenvalue weighted by molar-refractivity contribution is -0.0504. The van der Waals surface area contributed by atoms with Gasteiger partial charge < -0.3 is 30.1 Å². The number of aliphatic hydroxyl groups is 2. The molecule has 1 aliphatic rings. The van der Waals surface area contributed by atoms with Gasteiger partial charge in [-0.15, -0.1) is 0 Å².